The van der Waals surface area contributed by atoms with E-state index in [4.69, 9.17) is 5.84 Å². The Labute approximate surface area is 117 Å². The monoisotopic (exact) mass is 288 g/mol. The van der Waals surface area contributed by atoms with Gasteiger partial charge in [0.05, 0.1) is 5.25 Å². The second kappa shape index (κ2) is 6.10. The Hall–Kier alpha value is -0.130. The molecule has 5 atom stereocenters. The summed E-state index contributed by atoms with van der Waals surface area (Å²) in [6.07, 6.45) is 8.87. The van der Waals surface area contributed by atoms with E-state index in [0.717, 1.165) is 31.6 Å². The summed E-state index contributed by atoms with van der Waals surface area (Å²) in [7, 11) is -2.90. The molecule has 0 aliphatic heterocycles. The molecule has 0 saturated heterocycles. The van der Waals surface area contributed by atoms with E-state index in [1.807, 2.05) is 0 Å². The highest BCUT2D eigenvalue weighted by Gasteiger charge is 2.37. The fraction of sp³-hybridized carbons (Fsp3) is 1.00. The quantitative estimate of drug-likeness (QED) is 0.612. The minimum Gasteiger partial charge on any atom is -0.271 e. The standard InChI is InChI=1S/C14H28N2O2S/c1-10-6-7-12(8-10)14(16-15)11-4-3-5-13(9-11)19(2,17)18/h10-14,16H,3-9,15H2,1-2H3. The van der Waals surface area contributed by atoms with Crippen molar-refractivity contribution in [1.82, 2.24) is 5.43 Å². The van der Waals surface area contributed by atoms with Gasteiger partial charge in [-0.05, 0) is 49.9 Å². The second-order valence-electron chi connectivity index (χ2n) is 6.75. The SMILES string of the molecule is CC1CCC(C(NN)C2CCCC(S(C)(=O)=O)C2)C1. The van der Waals surface area contributed by atoms with Crippen molar-refractivity contribution in [1.29, 1.82) is 0 Å². The molecule has 0 aromatic heterocycles. The van der Waals surface area contributed by atoms with Gasteiger partial charge in [-0.1, -0.05) is 19.8 Å². The van der Waals surface area contributed by atoms with Gasteiger partial charge >= 0.3 is 0 Å². The number of rotatable bonds is 4. The van der Waals surface area contributed by atoms with Crippen LogP contribution < -0.4 is 11.3 Å². The number of hydrazine groups is 1. The zero-order chi connectivity index (χ0) is 14.0. The molecule has 112 valence electrons. The molecule has 3 N–H and O–H groups in total. The van der Waals surface area contributed by atoms with E-state index in [9.17, 15) is 8.42 Å². The average molecular weight is 288 g/mol. The molecule has 5 heteroatoms. The van der Waals surface area contributed by atoms with Crippen molar-refractivity contribution in [2.75, 3.05) is 6.26 Å². The van der Waals surface area contributed by atoms with Crippen molar-refractivity contribution in [3.63, 3.8) is 0 Å². The molecule has 0 aromatic rings. The van der Waals surface area contributed by atoms with Crippen LogP contribution in [0.1, 0.15) is 51.9 Å². The lowest BCUT2D eigenvalue weighted by Gasteiger charge is -2.36. The van der Waals surface area contributed by atoms with Crippen LogP contribution in [0.15, 0.2) is 0 Å². The van der Waals surface area contributed by atoms with Gasteiger partial charge in [-0.3, -0.25) is 11.3 Å². The molecule has 5 unspecified atom stereocenters. The first kappa shape index (κ1) is 15.3. The maximum atomic E-state index is 11.8. The highest BCUT2D eigenvalue weighted by molar-refractivity contribution is 7.91. The van der Waals surface area contributed by atoms with Gasteiger partial charge in [-0.15, -0.1) is 0 Å². The zero-order valence-electron chi connectivity index (χ0n) is 12.1. The van der Waals surface area contributed by atoms with Crippen molar-refractivity contribution >= 4 is 9.84 Å². The van der Waals surface area contributed by atoms with Crippen LogP contribution in [0, 0.1) is 17.8 Å². The third kappa shape index (κ3) is 3.70. The summed E-state index contributed by atoms with van der Waals surface area (Å²) in [4.78, 5) is 0. The zero-order valence-corrected chi connectivity index (χ0v) is 13.0. The van der Waals surface area contributed by atoms with E-state index in [0.29, 0.717) is 17.9 Å². The third-order valence-electron chi connectivity index (χ3n) is 5.22. The fourth-order valence-electron chi connectivity index (χ4n) is 4.13. The normalized spacial score (nSPS) is 38.3. The molecular formula is C14H28N2O2S. The molecule has 19 heavy (non-hydrogen) atoms. The topological polar surface area (TPSA) is 72.2 Å². The van der Waals surface area contributed by atoms with Crippen LogP contribution in [-0.2, 0) is 9.84 Å². The van der Waals surface area contributed by atoms with Crippen molar-refractivity contribution in [2.45, 2.75) is 63.2 Å². The molecule has 2 rings (SSSR count). The highest BCUT2D eigenvalue weighted by atomic mass is 32.2. The molecule has 2 saturated carbocycles. The van der Waals surface area contributed by atoms with Crippen LogP contribution in [0.5, 0.6) is 0 Å². The van der Waals surface area contributed by atoms with Crippen molar-refractivity contribution < 1.29 is 8.42 Å². The van der Waals surface area contributed by atoms with Crippen molar-refractivity contribution in [3.8, 4) is 0 Å². The lowest BCUT2D eigenvalue weighted by Crippen LogP contribution is -2.48. The van der Waals surface area contributed by atoms with E-state index < -0.39 is 9.84 Å². The van der Waals surface area contributed by atoms with Gasteiger partial charge in [0.15, 0.2) is 0 Å². The van der Waals surface area contributed by atoms with E-state index >= 15 is 0 Å². The summed E-state index contributed by atoms with van der Waals surface area (Å²) in [5.74, 6) is 7.62. The summed E-state index contributed by atoms with van der Waals surface area (Å²) in [5, 5.41) is -0.152. The van der Waals surface area contributed by atoms with E-state index in [1.54, 1.807) is 0 Å². The van der Waals surface area contributed by atoms with E-state index in [1.165, 1.54) is 25.5 Å². The Bertz CT molecular complexity index is 396. The predicted octanol–water partition coefficient (Wildman–Crippen LogP) is 1.86. The van der Waals surface area contributed by atoms with Crippen molar-refractivity contribution in [3.05, 3.63) is 0 Å². The minimum absolute atomic E-state index is 0.152. The van der Waals surface area contributed by atoms with E-state index in [-0.39, 0.29) is 5.25 Å². The molecule has 2 aliphatic carbocycles. The number of hydrogen-bond acceptors (Lipinski definition) is 4. The van der Waals surface area contributed by atoms with Crippen LogP contribution in [0.2, 0.25) is 0 Å². The fourth-order valence-corrected chi connectivity index (χ4v) is 5.32. The summed E-state index contributed by atoms with van der Waals surface area (Å²) in [6.45, 7) is 2.30. The predicted molar refractivity (Wildman–Crippen MR) is 78.2 cm³/mol. The molecule has 2 fully saturated rings. The molecule has 0 radical (unpaired) electrons. The summed E-state index contributed by atoms with van der Waals surface area (Å²) in [6, 6.07) is 0.300. The first-order valence-electron chi connectivity index (χ1n) is 7.56. The second-order valence-corrected chi connectivity index (χ2v) is 9.07. The van der Waals surface area contributed by atoms with Gasteiger partial charge in [-0.2, -0.15) is 0 Å². The van der Waals surface area contributed by atoms with Gasteiger partial charge in [-0.25, -0.2) is 8.42 Å². The van der Waals surface area contributed by atoms with Crippen molar-refractivity contribution in [2.24, 2.45) is 23.6 Å². The largest absolute Gasteiger partial charge is 0.271 e. The highest BCUT2D eigenvalue weighted by Crippen LogP contribution is 2.39. The maximum Gasteiger partial charge on any atom is 0.150 e. The average Bonchev–Trinajstić information content (AvgIpc) is 2.76. The number of nitrogens with one attached hydrogen (secondary N) is 1. The Morgan fingerprint density at radius 2 is 1.79 bits per heavy atom. The molecule has 2 aliphatic rings. The van der Waals surface area contributed by atoms with Crippen LogP contribution in [-0.4, -0.2) is 26.0 Å². The van der Waals surface area contributed by atoms with E-state index in [2.05, 4.69) is 12.3 Å². The van der Waals surface area contributed by atoms with Gasteiger partial charge in [0.2, 0.25) is 0 Å². The molecule has 0 spiro atoms. The van der Waals surface area contributed by atoms with Gasteiger partial charge in [0.1, 0.15) is 9.84 Å². The van der Waals surface area contributed by atoms with Crippen LogP contribution >= 0.6 is 0 Å². The third-order valence-corrected chi connectivity index (χ3v) is 6.85. The van der Waals surface area contributed by atoms with Gasteiger partial charge in [0, 0.05) is 12.3 Å². The first-order chi connectivity index (χ1) is 8.91. The lowest BCUT2D eigenvalue weighted by molar-refractivity contribution is 0.207. The smallest absolute Gasteiger partial charge is 0.150 e. The number of sulfone groups is 1. The molecule has 0 heterocycles. The van der Waals surface area contributed by atoms with Crippen LogP contribution in [0.4, 0.5) is 0 Å². The Morgan fingerprint density at radius 1 is 1.11 bits per heavy atom. The molecule has 0 bridgehead atoms. The van der Waals surface area contributed by atoms with Gasteiger partial charge < -0.3 is 0 Å². The molecule has 4 nitrogen and oxygen atoms in total. The van der Waals surface area contributed by atoms with Gasteiger partial charge in [0.25, 0.3) is 0 Å². The Morgan fingerprint density at radius 3 is 2.32 bits per heavy atom. The first-order valence-corrected chi connectivity index (χ1v) is 9.52. The Kier molecular flexibility index (Phi) is 4.90. The molecular weight excluding hydrogens is 260 g/mol. The molecule has 0 amide bonds. The minimum atomic E-state index is -2.90. The summed E-state index contributed by atoms with van der Waals surface area (Å²) >= 11 is 0. The maximum absolute atomic E-state index is 11.8. The number of hydrogen-bond donors (Lipinski definition) is 2. The lowest BCUT2D eigenvalue weighted by atomic mass is 9.78. The number of nitrogens with two attached hydrogens (primary N) is 1. The summed E-state index contributed by atoms with van der Waals surface area (Å²) in [5.41, 5.74) is 3.01. The van der Waals surface area contributed by atoms with Crippen LogP contribution in [0.3, 0.4) is 0 Å². The molecule has 0 aromatic carbocycles. The summed E-state index contributed by atoms with van der Waals surface area (Å²) < 4.78 is 23.5. The Balaban J connectivity index is 2.02. The van der Waals surface area contributed by atoms with Crippen LogP contribution in [0.25, 0.3) is 0 Å².